The number of amides is 4. The molecule has 0 spiro atoms. The lowest BCUT2D eigenvalue weighted by Gasteiger charge is -2.32. The molecular formula is C51H51ClN8O8S. The first kappa shape index (κ1) is 48.4. The third kappa shape index (κ3) is 11.6. The van der Waals surface area contributed by atoms with Gasteiger partial charge in [0.1, 0.15) is 42.9 Å². The molecule has 69 heavy (non-hydrogen) atoms. The Kier molecular flexibility index (Phi) is 15.7. The molecule has 1 fully saturated rings. The highest BCUT2D eigenvalue weighted by Gasteiger charge is 2.44. The van der Waals surface area contributed by atoms with Crippen molar-refractivity contribution in [2.24, 2.45) is 0 Å². The van der Waals surface area contributed by atoms with Crippen LogP contribution in [0.4, 0.5) is 0 Å². The molecule has 3 N–H and O–H groups in total. The summed E-state index contributed by atoms with van der Waals surface area (Å²) in [6.07, 6.45) is 3.15. The molecule has 1 saturated heterocycles. The number of aliphatic hydroxyl groups excluding tert-OH is 1. The lowest BCUT2D eigenvalue weighted by atomic mass is 10.1. The number of fused-ring (bicyclic) bond motifs is 1. The summed E-state index contributed by atoms with van der Waals surface area (Å²) in [6.45, 7) is 5.57. The molecule has 2 aliphatic rings. The molecule has 6 aromatic rings. The third-order valence-electron chi connectivity index (χ3n) is 12.0. The number of likely N-dealkylation sites (tertiary alicyclic amines) is 1. The topological polar surface area (TPSA) is 201 Å². The lowest BCUT2D eigenvalue weighted by molar-refractivity contribution is -0.142. The molecule has 0 bridgehead atoms. The van der Waals surface area contributed by atoms with Crippen LogP contribution in [0.1, 0.15) is 64.1 Å². The van der Waals surface area contributed by atoms with Crippen LogP contribution in [0.15, 0.2) is 109 Å². The van der Waals surface area contributed by atoms with Crippen molar-refractivity contribution in [2.75, 3.05) is 33.0 Å². The summed E-state index contributed by atoms with van der Waals surface area (Å²) in [5.74, 6) is -0.110. The Morgan fingerprint density at radius 3 is 2.51 bits per heavy atom. The zero-order valence-corrected chi connectivity index (χ0v) is 39.6. The Labute approximate surface area is 408 Å². The van der Waals surface area contributed by atoms with Crippen LogP contribution in [0.25, 0.3) is 21.7 Å². The summed E-state index contributed by atoms with van der Waals surface area (Å²) < 4.78 is 19.6. The number of carbonyl (C=O) groups excluding carboxylic acids is 4. The van der Waals surface area contributed by atoms with Gasteiger partial charge in [-0.05, 0) is 79.1 Å². The maximum Gasteiger partial charge on any atom is 0.255 e. The average molecular weight is 972 g/mol. The number of aliphatic hydroxyl groups is 1. The fourth-order valence-electron chi connectivity index (χ4n) is 8.45. The van der Waals surface area contributed by atoms with Crippen LogP contribution < -0.4 is 20.1 Å². The van der Waals surface area contributed by atoms with E-state index in [1.165, 1.54) is 16.2 Å². The van der Waals surface area contributed by atoms with Gasteiger partial charge in [-0.3, -0.25) is 28.8 Å². The Hall–Kier alpha value is -7.10. The molecule has 18 heteroatoms. The maximum atomic E-state index is 14.0. The second-order valence-electron chi connectivity index (χ2n) is 16.8. The molecule has 0 saturated carbocycles. The average Bonchev–Trinajstić information content (AvgIpc) is 4.19. The Morgan fingerprint density at radius 2 is 1.77 bits per heavy atom. The van der Waals surface area contributed by atoms with E-state index in [1.54, 1.807) is 75.9 Å². The van der Waals surface area contributed by atoms with Crippen LogP contribution in [0.2, 0.25) is 5.02 Å². The number of nitrogens with one attached hydrogen (secondary N) is 2. The summed E-state index contributed by atoms with van der Waals surface area (Å²) in [4.78, 5) is 62.2. The van der Waals surface area contributed by atoms with Gasteiger partial charge < -0.3 is 39.8 Å². The van der Waals surface area contributed by atoms with Crippen molar-refractivity contribution in [1.29, 1.82) is 5.26 Å². The zero-order chi connectivity index (χ0) is 48.4. The number of nitriles is 1. The maximum absolute atomic E-state index is 14.0. The standard InChI is InChI=1S/C51H51ClN8O8S/c1-3-44(59-29-38-6-4-5-7-41(38)50(59)64)51(65)60-30-39(61)24-45(60)49(63)55-26-37-11-9-35(47-27-54-31-69-47)23-46(37)68-21-19-66-18-20-67-40-14-12-33(13-15-40)48(62)56-32(2)28-58-17-16-43(57-58)34-8-10-36(25-53)42(52)22-34/h4-17,22-23,27,31-32,39,44-45,61H,3,18-21,24,26,28-30H2,1-2H3,(H,55,63)(H,56,62)/t32-,39+,44?,45?/m0/s1. The molecule has 2 unspecified atom stereocenters. The van der Waals surface area contributed by atoms with Crippen molar-refractivity contribution in [1.82, 2.24) is 35.2 Å². The minimum absolute atomic E-state index is 0.00621. The number of carbonyl (C=O) groups is 4. The van der Waals surface area contributed by atoms with Crippen molar-refractivity contribution in [2.45, 2.75) is 70.6 Å². The molecule has 0 aliphatic carbocycles. The predicted molar refractivity (Wildman–Crippen MR) is 258 cm³/mol. The minimum atomic E-state index is -0.914. The zero-order valence-electron chi connectivity index (χ0n) is 38.0. The van der Waals surface area contributed by atoms with E-state index >= 15 is 0 Å². The molecule has 4 atom stereocenters. The Balaban J connectivity index is 0.784. The molecule has 4 heterocycles. The van der Waals surface area contributed by atoms with E-state index in [0.717, 1.165) is 21.6 Å². The molecule has 2 aliphatic heterocycles. The van der Waals surface area contributed by atoms with Crippen LogP contribution in [-0.2, 0) is 34.0 Å². The van der Waals surface area contributed by atoms with Gasteiger partial charge in [0.15, 0.2) is 0 Å². The molecule has 356 valence electrons. The smallest absolute Gasteiger partial charge is 0.255 e. The number of hydrogen-bond acceptors (Lipinski definition) is 12. The summed E-state index contributed by atoms with van der Waals surface area (Å²) >= 11 is 7.68. The number of rotatable bonds is 20. The van der Waals surface area contributed by atoms with Crippen LogP contribution in [0.5, 0.6) is 11.5 Å². The molecule has 4 amide bonds. The SMILES string of the molecule is CCC(C(=O)N1C[C@H](O)CC1C(=O)NCc1ccc(-c2cncs2)cc1OCCOCCOc1ccc(C(=O)N[C@@H](C)Cn2ccc(-c3ccc(C#N)c(Cl)c3)n2)cc1)N1Cc2ccccc2C1=O. The summed E-state index contributed by atoms with van der Waals surface area (Å²) in [6, 6.07) is 27.0. The van der Waals surface area contributed by atoms with Gasteiger partial charge in [-0.15, -0.1) is 11.3 Å². The monoisotopic (exact) mass is 970 g/mol. The number of aromatic nitrogens is 3. The molecule has 8 rings (SSSR count). The van der Waals surface area contributed by atoms with Crippen molar-refractivity contribution < 1.29 is 38.5 Å². The number of ether oxygens (including phenoxy) is 3. The number of hydrogen-bond donors (Lipinski definition) is 3. The number of nitrogens with zero attached hydrogens (tertiary/aromatic N) is 6. The quantitative estimate of drug-likeness (QED) is 0.0705. The van der Waals surface area contributed by atoms with Crippen molar-refractivity contribution in [3.05, 3.63) is 142 Å². The van der Waals surface area contributed by atoms with E-state index in [1.807, 2.05) is 56.4 Å². The van der Waals surface area contributed by atoms with Crippen LogP contribution in [0, 0.1) is 11.3 Å². The first-order valence-electron chi connectivity index (χ1n) is 22.6. The van der Waals surface area contributed by atoms with Crippen LogP contribution >= 0.6 is 22.9 Å². The van der Waals surface area contributed by atoms with E-state index in [0.29, 0.717) is 64.0 Å². The molecule has 4 aromatic carbocycles. The van der Waals surface area contributed by atoms with Gasteiger partial charge in [0.25, 0.3) is 11.8 Å². The van der Waals surface area contributed by atoms with Crippen molar-refractivity contribution in [3.8, 4) is 39.3 Å². The highest BCUT2D eigenvalue weighted by Crippen LogP contribution is 2.32. The number of thiazole rings is 1. The van der Waals surface area contributed by atoms with E-state index < -0.39 is 24.1 Å². The van der Waals surface area contributed by atoms with Gasteiger partial charge in [-0.25, -0.2) is 0 Å². The number of benzene rings is 4. The van der Waals surface area contributed by atoms with Crippen molar-refractivity contribution in [3.63, 3.8) is 0 Å². The molecular weight excluding hydrogens is 920 g/mol. The first-order chi connectivity index (χ1) is 33.5. The van der Waals surface area contributed by atoms with E-state index in [9.17, 15) is 24.3 Å². The highest BCUT2D eigenvalue weighted by molar-refractivity contribution is 7.13. The van der Waals surface area contributed by atoms with E-state index in [4.69, 9.17) is 31.1 Å². The van der Waals surface area contributed by atoms with Crippen LogP contribution in [-0.4, -0.2) is 111 Å². The molecule has 0 radical (unpaired) electrons. The lowest BCUT2D eigenvalue weighted by Crippen LogP contribution is -2.53. The Morgan fingerprint density at radius 1 is 0.986 bits per heavy atom. The van der Waals surface area contributed by atoms with Gasteiger partial charge in [-0.1, -0.05) is 54.9 Å². The number of β-amino-alcohol motifs (C(OH)–C–C–N with tert-alkyl or cyclic N) is 1. The summed E-state index contributed by atoms with van der Waals surface area (Å²) in [5.41, 5.74) is 7.14. The van der Waals surface area contributed by atoms with Gasteiger partial charge in [0.2, 0.25) is 11.8 Å². The number of halogens is 1. The van der Waals surface area contributed by atoms with Gasteiger partial charge in [-0.2, -0.15) is 10.4 Å². The van der Waals surface area contributed by atoms with Gasteiger partial charge >= 0.3 is 0 Å². The second kappa shape index (κ2) is 22.3. The third-order valence-corrected chi connectivity index (χ3v) is 13.1. The molecule has 2 aromatic heterocycles. The minimum Gasteiger partial charge on any atom is -0.491 e. The normalized spacial score (nSPS) is 16.1. The van der Waals surface area contributed by atoms with Gasteiger partial charge in [0.05, 0.1) is 52.5 Å². The summed E-state index contributed by atoms with van der Waals surface area (Å²) in [7, 11) is 0. The van der Waals surface area contributed by atoms with E-state index in [-0.39, 0.29) is 69.7 Å². The molecule has 16 nitrogen and oxygen atoms in total. The van der Waals surface area contributed by atoms with Crippen molar-refractivity contribution >= 4 is 46.6 Å². The largest absolute Gasteiger partial charge is 0.491 e. The van der Waals surface area contributed by atoms with Gasteiger partial charge in [0, 0.05) is 66.7 Å². The fourth-order valence-corrected chi connectivity index (χ4v) is 9.29. The highest BCUT2D eigenvalue weighted by atomic mass is 35.5. The predicted octanol–water partition coefficient (Wildman–Crippen LogP) is 6.50. The fraction of sp³-hybridized carbons (Fsp3) is 0.314. The Bertz CT molecular complexity index is 2830. The summed E-state index contributed by atoms with van der Waals surface area (Å²) in [5, 5.41) is 30.7. The van der Waals surface area contributed by atoms with E-state index in [2.05, 4.69) is 26.8 Å². The van der Waals surface area contributed by atoms with Crippen LogP contribution in [0.3, 0.4) is 0 Å². The second-order valence-corrected chi connectivity index (χ2v) is 18.0. The first-order valence-corrected chi connectivity index (χ1v) is 23.9.